The van der Waals surface area contributed by atoms with Crippen LogP contribution in [0.15, 0.2) is 41.7 Å². The Labute approximate surface area is 192 Å². The number of H-pyrrole nitrogens is 2. The third-order valence-electron chi connectivity index (χ3n) is 6.56. The maximum atomic E-state index is 12.9. The number of nitrogens with zero attached hydrogens (tertiary/aromatic N) is 5. The monoisotopic (exact) mass is 468 g/mol. The lowest BCUT2D eigenvalue weighted by atomic mass is 9.88. The summed E-state index contributed by atoms with van der Waals surface area (Å²) < 4.78 is 27.2. The van der Waals surface area contributed by atoms with Crippen molar-refractivity contribution < 1.29 is 8.42 Å². The summed E-state index contributed by atoms with van der Waals surface area (Å²) in [6.07, 6.45) is 4.81. The molecule has 0 spiro atoms. The normalized spacial score (nSPS) is 16.8. The van der Waals surface area contributed by atoms with E-state index in [0.717, 1.165) is 35.5 Å². The first-order chi connectivity index (χ1) is 15.9. The molecular formula is C22H28N8O2S. The van der Waals surface area contributed by atoms with E-state index in [1.54, 1.807) is 24.5 Å². The Hall–Kier alpha value is -3.02. The number of rotatable bonds is 6. The third-order valence-corrected chi connectivity index (χ3v) is 8.60. The lowest BCUT2D eigenvalue weighted by Gasteiger charge is -2.38. The molecule has 0 saturated carbocycles. The van der Waals surface area contributed by atoms with Gasteiger partial charge in [-0.25, -0.2) is 23.4 Å². The Morgan fingerprint density at radius 1 is 1.15 bits per heavy atom. The zero-order chi connectivity index (χ0) is 23.2. The number of nitrogens with two attached hydrogens (primary N) is 1. The van der Waals surface area contributed by atoms with Gasteiger partial charge in [0, 0.05) is 32.4 Å². The van der Waals surface area contributed by atoms with Crippen LogP contribution in [0.25, 0.3) is 22.1 Å². The van der Waals surface area contributed by atoms with Crippen molar-refractivity contribution in [1.29, 1.82) is 0 Å². The van der Waals surface area contributed by atoms with Crippen molar-refractivity contribution >= 4 is 37.9 Å². The maximum Gasteiger partial charge on any atom is 0.243 e. The van der Waals surface area contributed by atoms with E-state index in [1.807, 2.05) is 26.1 Å². The molecule has 1 aliphatic heterocycles. The van der Waals surface area contributed by atoms with Crippen molar-refractivity contribution in [2.45, 2.75) is 37.1 Å². The van der Waals surface area contributed by atoms with Gasteiger partial charge < -0.3 is 20.6 Å². The second-order valence-electron chi connectivity index (χ2n) is 8.43. The summed E-state index contributed by atoms with van der Waals surface area (Å²) in [5, 5.41) is 0.993. The number of fused-ring (bicyclic) bond motifs is 2. The molecule has 5 rings (SSSR count). The summed E-state index contributed by atoms with van der Waals surface area (Å²) in [6, 6.07) is 7.01. The molecule has 0 bridgehead atoms. The molecule has 4 N–H and O–H groups in total. The number of anilines is 1. The van der Waals surface area contributed by atoms with Crippen LogP contribution in [0.1, 0.15) is 32.5 Å². The summed E-state index contributed by atoms with van der Waals surface area (Å²) in [6.45, 7) is 5.97. The van der Waals surface area contributed by atoms with Gasteiger partial charge in [0.25, 0.3) is 0 Å². The number of aromatic amines is 2. The summed E-state index contributed by atoms with van der Waals surface area (Å²) in [7, 11) is -3.55. The van der Waals surface area contributed by atoms with E-state index < -0.39 is 15.6 Å². The predicted molar refractivity (Wildman–Crippen MR) is 127 cm³/mol. The fourth-order valence-electron chi connectivity index (χ4n) is 4.56. The maximum absolute atomic E-state index is 12.9. The second kappa shape index (κ2) is 8.08. The smallest absolute Gasteiger partial charge is 0.243 e. The topological polar surface area (TPSA) is 137 Å². The largest absolute Gasteiger partial charge is 0.356 e. The second-order valence-corrected chi connectivity index (χ2v) is 10.4. The first kappa shape index (κ1) is 21.8. The van der Waals surface area contributed by atoms with Crippen LogP contribution in [0.5, 0.6) is 0 Å². The average Bonchev–Trinajstić information content (AvgIpc) is 3.47. The highest BCUT2D eigenvalue weighted by atomic mass is 32.2. The van der Waals surface area contributed by atoms with Gasteiger partial charge in [-0.15, -0.1) is 0 Å². The number of nitrogens with one attached hydrogen (secondary N) is 2. The fraction of sp³-hybridized carbons (Fsp3) is 0.409. The van der Waals surface area contributed by atoms with E-state index >= 15 is 0 Å². The Kier molecular flexibility index (Phi) is 5.34. The summed E-state index contributed by atoms with van der Waals surface area (Å²) in [4.78, 5) is 22.4. The van der Waals surface area contributed by atoms with Crippen LogP contribution in [0.4, 0.5) is 5.82 Å². The van der Waals surface area contributed by atoms with Gasteiger partial charge in [0.05, 0.1) is 26.9 Å². The molecule has 33 heavy (non-hydrogen) atoms. The van der Waals surface area contributed by atoms with E-state index in [0.29, 0.717) is 37.3 Å². The van der Waals surface area contributed by atoms with Crippen LogP contribution in [0.2, 0.25) is 0 Å². The number of imidazole rings is 1. The Balaban J connectivity index is 1.40. The van der Waals surface area contributed by atoms with Gasteiger partial charge in [-0.05, 0) is 37.1 Å². The van der Waals surface area contributed by atoms with Crippen molar-refractivity contribution in [2.24, 2.45) is 5.73 Å². The molecule has 1 aromatic carbocycles. The van der Waals surface area contributed by atoms with Crippen LogP contribution >= 0.6 is 0 Å². The molecule has 1 fully saturated rings. The van der Waals surface area contributed by atoms with Crippen molar-refractivity contribution in [3.8, 4) is 0 Å². The summed E-state index contributed by atoms with van der Waals surface area (Å²) in [5.41, 5.74) is 8.38. The number of hydrogen-bond donors (Lipinski definition) is 3. The Bertz CT molecular complexity index is 1400. The van der Waals surface area contributed by atoms with Gasteiger partial charge in [0.2, 0.25) is 10.0 Å². The van der Waals surface area contributed by atoms with E-state index in [2.05, 4.69) is 24.8 Å². The molecule has 0 aliphatic carbocycles. The number of benzene rings is 1. The average molecular weight is 469 g/mol. The molecule has 10 nitrogen and oxygen atoms in total. The third kappa shape index (κ3) is 3.65. The minimum Gasteiger partial charge on any atom is -0.356 e. The molecular weight excluding hydrogens is 440 g/mol. The van der Waals surface area contributed by atoms with Crippen molar-refractivity contribution in [3.05, 3.63) is 42.6 Å². The first-order valence-electron chi connectivity index (χ1n) is 11.2. The highest BCUT2D eigenvalue weighted by Gasteiger charge is 2.36. The standard InChI is InChI=1S/C22H28N8O2S/c1-3-30(4-2)33(31,32)15-5-6-17-18(13-15)28-21(27-17)22(23)8-11-29(12-9-22)20-16-7-10-24-19(16)25-14-26-20/h5-7,10,13-14H,3-4,8-9,11-12,23H2,1-2H3,(H,27,28)(H,24,25,26). The van der Waals surface area contributed by atoms with E-state index in [9.17, 15) is 8.42 Å². The van der Waals surface area contributed by atoms with Gasteiger partial charge in [-0.2, -0.15) is 4.31 Å². The molecule has 1 saturated heterocycles. The molecule has 4 aromatic rings. The molecule has 3 aromatic heterocycles. The van der Waals surface area contributed by atoms with Crippen LogP contribution in [0, 0.1) is 0 Å². The van der Waals surface area contributed by atoms with Crippen LogP contribution < -0.4 is 10.6 Å². The number of hydrogen-bond acceptors (Lipinski definition) is 7. The van der Waals surface area contributed by atoms with Gasteiger partial charge >= 0.3 is 0 Å². The predicted octanol–water partition coefficient (Wildman–Crippen LogP) is 2.32. The van der Waals surface area contributed by atoms with Gasteiger partial charge in [0.1, 0.15) is 23.6 Å². The molecule has 0 amide bonds. The van der Waals surface area contributed by atoms with Crippen molar-refractivity contribution in [3.63, 3.8) is 0 Å². The molecule has 0 atom stereocenters. The molecule has 0 unspecified atom stereocenters. The highest BCUT2D eigenvalue weighted by Crippen LogP contribution is 2.33. The molecule has 0 radical (unpaired) electrons. The fourth-order valence-corrected chi connectivity index (χ4v) is 6.04. The van der Waals surface area contributed by atoms with Gasteiger partial charge in [-0.1, -0.05) is 13.8 Å². The Morgan fingerprint density at radius 2 is 1.91 bits per heavy atom. The highest BCUT2D eigenvalue weighted by molar-refractivity contribution is 7.89. The minimum absolute atomic E-state index is 0.247. The lowest BCUT2D eigenvalue weighted by molar-refractivity contribution is 0.327. The van der Waals surface area contributed by atoms with Crippen LogP contribution in [-0.4, -0.2) is 63.8 Å². The lowest BCUT2D eigenvalue weighted by Crippen LogP contribution is -2.49. The quantitative estimate of drug-likeness (QED) is 0.395. The number of sulfonamides is 1. The Morgan fingerprint density at radius 3 is 2.64 bits per heavy atom. The SMILES string of the molecule is CCN(CC)S(=O)(=O)c1ccc2[nH]c(C3(N)CCN(c4ncnc5[nH]ccc45)CC3)nc2c1. The minimum atomic E-state index is -3.55. The van der Waals surface area contributed by atoms with Gasteiger partial charge in [-0.3, -0.25) is 0 Å². The van der Waals surface area contributed by atoms with Crippen molar-refractivity contribution in [1.82, 2.24) is 29.2 Å². The molecule has 1 aliphatic rings. The number of aromatic nitrogens is 5. The van der Waals surface area contributed by atoms with E-state index in [1.165, 1.54) is 4.31 Å². The summed E-state index contributed by atoms with van der Waals surface area (Å²) in [5.74, 6) is 1.59. The van der Waals surface area contributed by atoms with E-state index in [-0.39, 0.29) is 4.90 Å². The molecule has 174 valence electrons. The van der Waals surface area contributed by atoms with Crippen LogP contribution in [0.3, 0.4) is 0 Å². The molecule has 11 heteroatoms. The van der Waals surface area contributed by atoms with Crippen molar-refractivity contribution in [2.75, 3.05) is 31.1 Å². The van der Waals surface area contributed by atoms with E-state index in [4.69, 9.17) is 10.7 Å². The summed E-state index contributed by atoms with van der Waals surface area (Å²) >= 11 is 0. The zero-order valence-corrected chi connectivity index (χ0v) is 19.6. The molecule has 4 heterocycles. The first-order valence-corrected chi connectivity index (χ1v) is 12.6. The number of piperidine rings is 1. The zero-order valence-electron chi connectivity index (χ0n) is 18.7. The van der Waals surface area contributed by atoms with Crippen LogP contribution in [-0.2, 0) is 15.6 Å². The van der Waals surface area contributed by atoms with Gasteiger partial charge in [0.15, 0.2) is 0 Å².